The van der Waals surface area contributed by atoms with Crippen LogP contribution in [0.4, 0.5) is 0 Å². The number of carbonyl (C=O) groups excluding carboxylic acids is 1. The minimum Gasteiger partial charge on any atom is -0.449 e. The molecule has 0 amide bonds. The van der Waals surface area contributed by atoms with Crippen molar-refractivity contribution in [3.05, 3.63) is 36.9 Å². The van der Waals surface area contributed by atoms with Crippen molar-refractivity contribution >= 4 is 5.78 Å². The van der Waals surface area contributed by atoms with Crippen molar-refractivity contribution < 1.29 is 14.3 Å². The lowest BCUT2D eigenvalue weighted by atomic mass is 10.1. The fourth-order valence-corrected chi connectivity index (χ4v) is 1.89. The van der Waals surface area contributed by atoms with E-state index in [1.165, 1.54) is 6.08 Å². The van der Waals surface area contributed by atoms with Gasteiger partial charge in [-0.25, -0.2) is 0 Å². The second-order valence-corrected chi connectivity index (χ2v) is 4.31. The van der Waals surface area contributed by atoms with Crippen LogP contribution in [0.15, 0.2) is 36.9 Å². The molecule has 0 bridgehead atoms. The average Bonchev–Trinajstić information content (AvgIpc) is 2.65. The highest BCUT2D eigenvalue weighted by molar-refractivity contribution is 5.88. The van der Waals surface area contributed by atoms with Crippen LogP contribution < -0.4 is 9.47 Å². The molecule has 90 valence electrons. The summed E-state index contributed by atoms with van der Waals surface area (Å²) in [5, 5.41) is 0. The molecule has 0 N–H and O–H groups in total. The Hall–Kier alpha value is -1.77. The van der Waals surface area contributed by atoms with Crippen molar-refractivity contribution in [2.45, 2.75) is 32.0 Å². The Labute approximate surface area is 101 Å². The van der Waals surface area contributed by atoms with Gasteiger partial charge in [0.25, 0.3) is 0 Å². The maximum Gasteiger partial charge on any atom is 0.248 e. The Morgan fingerprint density at radius 3 is 2.47 bits per heavy atom. The van der Waals surface area contributed by atoms with Crippen LogP contribution in [0, 0.1) is 0 Å². The maximum atomic E-state index is 11.1. The van der Waals surface area contributed by atoms with E-state index in [9.17, 15) is 4.79 Å². The molecule has 1 aromatic rings. The van der Waals surface area contributed by atoms with E-state index >= 15 is 0 Å². The smallest absolute Gasteiger partial charge is 0.248 e. The van der Waals surface area contributed by atoms with Crippen molar-refractivity contribution in [1.29, 1.82) is 0 Å². The Kier molecular flexibility index (Phi) is 3.18. The highest BCUT2D eigenvalue weighted by Gasteiger charge is 2.35. The molecule has 1 aliphatic heterocycles. The summed E-state index contributed by atoms with van der Waals surface area (Å²) in [6, 6.07) is 7.59. The van der Waals surface area contributed by atoms with Crippen molar-refractivity contribution in [1.82, 2.24) is 0 Å². The van der Waals surface area contributed by atoms with E-state index in [2.05, 4.69) is 6.58 Å². The van der Waals surface area contributed by atoms with Crippen molar-refractivity contribution in [3.8, 4) is 11.5 Å². The molecule has 3 heteroatoms. The van der Waals surface area contributed by atoms with Crippen LogP contribution in [0.5, 0.6) is 11.5 Å². The van der Waals surface area contributed by atoms with Crippen molar-refractivity contribution in [2.75, 3.05) is 0 Å². The Morgan fingerprint density at radius 1 is 1.35 bits per heavy atom. The van der Waals surface area contributed by atoms with Gasteiger partial charge in [-0.15, -0.1) is 0 Å². The Balaban J connectivity index is 1.91. The Morgan fingerprint density at radius 2 is 1.94 bits per heavy atom. The molecule has 0 aromatic heterocycles. The summed E-state index contributed by atoms with van der Waals surface area (Å²) >= 11 is 0. The molecule has 2 rings (SSSR count). The number of hydrogen-bond donors (Lipinski definition) is 0. The van der Waals surface area contributed by atoms with Gasteiger partial charge in [-0.3, -0.25) is 4.79 Å². The average molecular weight is 232 g/mol. The molecule has 0 saturated carbocycles. The van der Waals surface area contributed by atoms with Crippen LogP contribution in [0.25, 0.3) is 0 Å². The first kappa shape index (κ1) is 11.7. The zero-order valence-electron chi connectivity index (χ0n) is 9.94. The van der Waals surface area contributed by atoms with Gasteiger partial charge in [-0.1, -0.05) is 18.7 Å². The first-order chi connectivity index (χ1) is 8.13. The standard InChI is InChI=1S/C14H16O3/c1-3-11(15)7-6-10-14(2)16-12-8-4-5-9-13(12)17-14/h3-5,8-9H,1,6-7,10H2,2H3. The van der Waals surface area contributed by atoms with E-state index in [0.29, 0.717) is 12.8 Å². The number of ketones is 1. The second kappa shape index (κ2) is 4.62. The van der Waals surface area contributed by atoms with Gasteiger partial charge in [-0.05, 0) is 24.6 Å². The quantitative estimate of drug-likeness (QED) is 0.732. The molecule has 0 atom stereocenters. The fraction of sp³-hybridized carbons (Fsp3) is 0.357. The third kappa shape index (κ3) is 2.67. The van der Waals surface area contributed by atoms with Gasteiger partial charge >= 0.3 is 0 Å². The molecule has 0 spiro atoms. The summed E-state index contributed by atoms with van der Waals surface area (Å²) in [6.45, 7) is 5.34. The van der Waals surface area contributed by atoms with Gasteiger partial charge in [0.15, 0.2) is 17.3 Å². The maximum absolute atomic E-state index is 11.1. The zero-order chi connectivity index (χ0) is 12.3. The molecule has 17 heavy (non-hydrogen) atoms. The monoisotopic (exact) mass is 232 g/mol. The van der Waals surface area contributed by atoms with Crippen LogP contribution in [0.1, 0.15) is 26.2 Å². The number of carbonyl (C=O) groups is 1. The van der Waals surface area contributed by atoms with E-state index < -0.39 is 5.79 Å². The molecular formula is C14H16O3. The summed E-state index contributed by atoms with van der Waals surface area (Å²) < 4.78 is 11.5. The lowest BCUT2D eigenvalue weighted by Gasteiger charge is -2.22. The molecule has 3 nitrogen and oxygen atoms in total. The summed E-state index contributed by atoms with van der Waals surface area (Å²) in [7, 11) is 0. The molecule has 0 saturated heterocycles. The van der Waals surface area contributed by atoms with Gasteiger partial charge in [0.05, 0.1) is 0 Å². The predicted molar refractivity (Wildman–Crippen MR) is 65.2 cm³/mol. The summed E-state index contributed by atoms with van der Waals surface area (Å²) in [6.07, 6.45) is 3.26. The van der Waals surface area contributed by atoms with Gasteiger partial charge in [-0.2, -0.15) is 0 Å². The van der Waals surface area contributed by atoms with E-state index in [1.54, 1.807) is 0 Å². The summed E-state index contributed by atoms with van der Waals surface area (Å²) in [4.78, 5) is 11.1. The second-order valence-electron chi connectivity index (χ2n) is 4.31. The van der Waals surface area contributed by atoms with E-state index in [4.69, 9.17) is 9.47 Å². The summed E-state index contributed by atoms with van der Waals surface area (Å²) in [5.41, 5.74) is 0. The van der Waals surface area contributed by atoms with E-state index in [1.807, 2.05) is 31.2 Å². The summed E-state index contributed by atoms with van der Waals surface area (Å²) in [5.74, 6) is 0.949. The van der Waals surface area contributed by atoms with Crippen LogP contribution in [0.2, 0.25) is 0 Å². The van der Waals surface area contributed by atoms with Crippen LogP contribution in [-0.4, -0.2) is 11.6 Å². The first-order valence-electron chi connectivity index (χ1n) is 5.75. The number of benzene rings is 1. The highest BCUT2D eigenvalue weighted by Crippen LogP contribution is 2.40. The highest BCUT2D eigenvalue weighted by atomic mass is 16.7. The van der Waals surface area contributed by atoms with Crippen LogP contribution in [-0.2, 0) is 4.79 Å². The molecule has 0 aliphatic carbocycles. The number of ether oxygens (including phenoxy) is 2. The largest absolute Gasteiger partial charge is 0.449 e. The molecule has 1 aromatic carbocycles. The molecular weight excluding hydrogens is 216 g/mol. The minimum atomic E-state index is -0.648. The van der Waals surface area contributed by atoms with E-state index in [-0.39, 0.29) is 5.78 Å². The van der Waals surface area contributed by atoms with Crippen molar-refractivity contribution in [2.24, 2.45) is 0 Å². The van der Waals surface area contributed by atoms with Gasteiger partial charge in [0.1, 0.15) is 0 Å². The van der Waals surface area contributed by atoms with Gasteiger partial charge in [0.2, 0.25) is 5.79 Å². The molecule has 1 aliphatic rings. The predicted octanol–water partition coefficient (Wildman–Crippen LogP) is 3.10. The van der Waals surface area contributed by atoms with Crippen LogP contribution >= 0.6 is 0 Å². The molecule has 1 heterocycles. The number of hydrogen-bond acceptors (Lipinski definition) is 3. The lowest BCUT2D eigenvalue weighted by molar-refractivity contribution is -0.115. The number of rotatable bonds is 5. The zero-order valence-corrected chi connectivity index (χ0v) is 9.94. The number of fused-ring (bicyclic) bond motifs is 1. The minimum absolute atomic E-state index is 0.0594. The van der Waals surface area contributed by atoms with Crippen LogP contribution in [0.3, 0.4) is 0 Å². The lowest BCUT2D eigenvalue weighted by Crippen LogP contribution is -2.34. The normalized spacial score (nSPS) is 15.6. The molecule has 0 unspecified atom stereocenters. The topological polar surface area (TPSA) is 35.5 Å². The number of para-hydroxylation sites is 2. The number of allylic oxidation sites excluding steroid dienone is 1. The first-order valence-corrected chi connectivity index (χ1v) is 5.75. The fourth-order valence-electron chi connectivity index (χ4n) is 1.89. The molecule has 0 radical (unpaired) electrons. The Bertz CT molecular complexity index is 412. The SMILES string of the molecule is C=CC(=O)CCCC1(C)Oc2ccccc2O1. The van der Waals surface area contributed by atoms with Crippen molar-refractivity contribution in [3.63, 3.8) is 0 Å². The van der Waals surface area contributed by atoms with Gasteiger partial charge < -0.3 is 9.47 Å². The van der Waals surface area contributed by atoms with Gasteiger partial charge in [0, 0.05) is 19.8 Å². The molecule has 0 fully saturated rings. The van der Waals surface area contributed by atoms with E-state index in [0.717, 1.165) is 17.9 Å². The third-order valence-electron chi connectivity index (χ3n) is 2.78. The third-order valence-corrected chi connectivity index (χ3v) is 2.78.